The highest BCUT2D eigenvalue weighted by Crippen LogP contribution is 2.50. The maximum absolute atomic E-state index is 13.6. The van der Waals surface area contributed by atoms with Crippen molar-refractivity contribution in [3.05, 3.63) is 186 Å². The fraction of sp³-hybridized carbons (Fsp3) is 0.0385. The average Bonchev–Trinajstić information content (AvgIpc) is 4.16. The molecule has 0 aliphatic carbocycles. The van der Waals surface area contributed by atoms with Crippen LogP contribution in [0.15, 0.2) is 156 Å². The topological polar surface area (TPSA) is 108 Å². The number of anilines is 1. The van der Waals surface area contributed by atoms with Gasteiger partial charge in [-0.3, -0.25) is 9.59 Å². The van der Waals surface area contributed by atoms with Gasteiger partial charge in [0.25, 0.3) is 0 Å². The molecule has 4 aliphatic rings. The standard InChI is InChI=1S/C52H33N5O3/c58-51-49-43-28-29-44(60-43)50(49)52(59)57(51)34-18-16-33(17-19-34)48-41-26-24-39(55-41)46(31-12-6-2-7-13-31)37-22-20-35(53-37)45(30-10-4-1-5-11-30)36-21-23-38(54-36)47(32-14-8-3-9-15-32)40-25-27-42(48)56-40/h1-29,49-50,53,56H/t49-,50+. The van der Waals surface area contributed by atoms with Crippen LogP contribution in [0.1, 0.15) is 46.1 Å². The summed E-state index contributed by atoms with van der Waals surface area (Å²) in [7, 11) is 0. The van der Waals surface area contributed by atoms with Crippen molar-refractivity contribution >= 4 is 63.9 Å². The van der Waals surface area contributed by atoms with Gasteiger partial charge in [-0.2, -0.15) is 0 Å². The molecule has 12 rings (SSSR count). The predicted octanol–water partition coefficient (Wildman–Crippen LogP) is 11.7. The minimum absolute atomic E-state index is 0.265. The number of amides is 2. The van der Waals surface area contributed by atoms with E-state index in [0.29, 0.717) is 17.2 Å². The van der Waals surface area contributed by atoms with E-state index >= 15 is 0 Å². The molecule has 2 atom stereocenters. The molecule has 4 aliphatic heterocycles. The second-order valence-corrected chi connectivity index (χ2v) is 15.4. The van der Waals surface area contributed by atoms with E-state index in [1.807, 2.05) is 66.7 Å². The number of furan rings is 1. The molecule has 2 amide bonds. The van der Waals surface area contributed by atoms with Crippen LogP contribution in [0.25, 0.3) is 90.9 Å². The third kappa shape index (κ3) is 5.24. The largest absolute Gasteiger partial charge is 0.464 e. The van der Waals surface area contributed by atoms with Gasteiger partial charge in [-0.05, 0) is 95.1 Å². The number of nitrogens with zero attached hydrogens (tertiary/aromatic N) is 3. The lowest BCUT2D eigenvalue weighted by Gasteiger charge is -2.16. The van der Waals surface area contributed by atoms with Crippen LogP contribution in [0.2, 0.25) is 0 Å². The second-order valence-electron chi connectivity index (χ2n) is 15.4. The Hall–Kier alpha value is -8.10. The van der Waals surface area contributed by atoms with E-state index in [0.717, 1.165) is 89.4 Å². The van der Waals surface area contributed by atoms with Gasteiger partial charge >= 0.3 is 0 Å². The molecule has 8 heterocycles. The van der Waals surface area contributed by atoms with Gasteiger partial charge in [0.1, 0.15) is 23.4 Å². The fourth-order valence-corrected chi connectivity index (χ4v) is 9.21. The lowest BCUT2D eigenvalue weighted by Crippen LogP contribution is -2.30. The highest BCUT2D eigenvalue weighted by Gasteiger charge is 2.55. The van der Waals surface area contributed by atoms with Gasteiger partial charge in [0.15, 0.2) is 0 Å². The molecule has 0 saturated carbocycles. The van der Waals surface area contributed by atoms with Crippen molar-refractivity contribution in [3.8, 4) is 44.5 Å². The summed E-state index contributed by atoms with van der Waals surface area (Å²) in [5.41, 5.74) is 15.2. The summed E-state index contributed by atoms with van der Waals surface area (Å²) in [6.07, 6.45) is 8.33. The molecule has 1 saturated heterocycles. The first-order valence-corrected chi connectivity index (χ1v) is 20.0. The second kappa shape index (κ2) is 13.2. The molecular formula is C52H33N5O3. The molecule has 0 spiro atoms. The Morgan fingerprint density at radius 2 is 0.733 bits per heavy atom. The fourth-order valence-electron chi connectivity index (χ4n) is 9.21. The third-order valence-corrected chi connectivity index (χ3v) is 11.9. The first-order valence-electron chi connectivity index (χ1n) is 20.0. The van der Waals surface area contributed by atoms with Gasteiger partial charge < -0.3 is 14.4 Å². The number of imide groups is 1. The molecule has 4 aromatic heterocycles. The summed E-state index contributed by atoms with van der Waals surface area (Å²) in [5, 5.41) is 0. The number of hydrogen-bond donors (Lipinski definition) is 2. The van der Waals surface area contributed by atoms with Gasteiger partial charge in [-0.1, -0.05) is 103 Å². The number of aromatic nitrogens is 4. The highest BCUT2D eigenvalue weighted by atomic mass is 16.4. The van der Waals surface area contributed by atoms with E-state index < -0.39 is 11.8 Å². The first-order chi connectivity index (χ1) is 29.6. The Kier molecular flexibility index (Phi) is 7.49. The van der Waals surface area contributed by atoms with Crippen molar-refractivity contribution in [2.75, 3.05) is 4.90 Å². The quantitative estimate of drug-likeness (QED) is 0.169. The Balaban J connectivity index is 1.13. The molecule has 0 unspecified atom stereocenters. The van der Waals surface area contributed by atoms with Crippen molar-refractivity contribution in [1.82, 2.24) is 19.9 Å². The maximum Gasteiger partial charge on any atom is 0.245 e. The van der Waals surface area contributed by atoms with Crippen molar-refractivity contribution < 1.29 is 14.0 Å². The van der Waals surface area contributed by atoms with E-state index in [1.165, 1.54) is 4.90 Å². The number of H-pyrrole nitrogens is 2. The summed E-state index contributed by atoms with van der Waals surface area (Å²) >= 11 is 0. The minimum atomic E-state index is -0.597. The molecular weight excluding hydrogens is 743 g/mol. The van der Waals surface area contributed by atoms with Crippen LogP contribution >= 0.6 is 0 Å². The Bertz CT molecular complexity index is 3230. The Morgan fingerprint density at radius 1 is 0.400 bits per heavy atom. The number of hydrogen-bond acceptors (Lipinski definition) is 5. The molecule has 60 heavy (non-hydrogen) atoms. The SMILES string of the molecule is O=C1[C@@H]2c3ccc(o3)[C@@H]2C(=O)N1c1ccc(-c2c3nc(c(-c4ccccc4)c4ccc([nH]4)c(-c4ccccc4)c4nc(c(-c5ccccc5)c5ccc2[nH]5)C=C4)C=C3)cc1. The number of benzene rings is 4. The lowest BCUT2D eigenvalue weighted by molar-refractivity contribution is -0.122. The molecule has 2 N–H and O–H groups in total. The lowest BCUT2D eigenvalue weighted by atomic mass is 9.90. The smallest absolute Gasteiger partial charge is 0.245 e. The van der Waals surface area contributed by atoms with E-state index in [1.54, 1.807) is 12.1 Å². The third-order valence-electron chi connectivity index (χ3n) is 11.9. The van der Waals surface area contributed by atoms with Crippen molar-refractivity contribution in [2.45, 2.75) is 11.8 Å². The zero-order valence-corrected chi connectivity index (χ0v) is 32.0. The van der Waals surface area contributed by atoms with Crippen molar-refractivity contribution in [2.24, 2.45) is 0 Å². The van der Waals surface area contributed by atoms with Crippen molar-refractivity contribution in [3.63, 3.8) is 0 Å². The molecule has 1 fully saturated rings. The number of carbonyl (C=O) groups is 2. The average molecular weight is 776 g/mol. The molecule has 4 aromatic carbocycles. The summed E-state index contributed by atoms with van der Waals surface area (Å²) in [6.45, 7) is 0. The first kappa shape index (κ1) is 34.0. The van der Waals surface area contributed by atoms with Gasteiger partial charge in [-0.25, -0.2) is 14.9 Å². The van der Waals surface area contributed by atoms with Crippen LogP contribution in [-0.2, 0) is 9.59 Å². The van der Waals surface area contributed by atoms with E-state index in [-0.39, 0.29) is 11.8 Å². The maximum atomic E-state index is 13.6. The van der Waals surface area contributed by atoms with E-state index in [2.05, 4.69) is 107 Å². The minimum Gasteiger partial charge on any atom is -0.464 e. The van der Waals surface area contributed by atoms with Gasteiger partial charge in [-0.15, -0.1) is 0 Å². The van der Waals surface area contributed by atoms with Crippen molar-refractivity contribution in [1.29, 1.82) is 0 Å². The number of fused-ring (bicyclic) bond motifs is 13. The van der Waals surface area contributed by atoms with Crippen LogP contribution in [0.4, 0.5) is 5.69 Å². The van der Waals surface area contributed by atoms with Gasteiger partial charge in [0, 0.05) is 44.3 Å². The normalized spacial score (nSPS) is 16.2. The Morgan fingerprint density at radius 3 is 1.08 bits per heavy atom. The summed E-state index contributed by atoms with van der Waals surface area (Å²) in [6, 6.07) is 50.7. The highest BCUT2D eigenvalue weighted by molar-refractivity contribution is 6.26. The molecule has 8 nitrogen and oxygen atoms in total. The van der Waals surface area contributed by atoms with E-state index in [4.69, 9.17) is 14.4 Å². The number of rotatable bonds is 5. The van der Waals surface area contributed by atoms with Gasteiger partial charge in [0.05, 0.1) is 28.5 Å². The Labute approximate surface area is 343 Å². The van der Waals surface area contributed by atoms with Crippen LogP contribution in [0.5, 0.6) is 0 Å². The number of nitrogens with one attached hydrogen (secondary N) is 2. The molecule has 284 valence electrons. The van der Waals surface area contributed by atoms with Crippen LogP contribution < -0.4 is 4.90 Å². The molecule has 8 aromatic rings. The number of aromatic amines is 2. The molecule has 8 heteroatoms. The summed E-state index contributed by atoms with van der Waals surface area (Å²) in [4.78, 5) is 46.9. The molecule has 0 radical (unpaired) electrons. The van der Waals surface area contributed by atoms with Crippen LogP contribution in [-0.4, -0.2) is 31.8 Å². The number of carbonyl (C=O) groups excluding carboxylic acids is 2. The zero-order valence-electron chi connectivity index (χ0n) is 32.0. The monoisotopic (exact) mass is 775 g/mol. The van der Waals surface area contributed by atoms with E-state index in [9.17, 15) is 9.59 Å². The molecule has 10 bridgehead atoms. The van der Waals surface area contributed by atoms with Gasteiger partial charge in [0.2, 0.25) is 11.8 Å². The van der Waals surface area contributed by atoms with Crippen LogP contribution in [0, 0.1) is 0 Å². The summed E-state index contributed by atoms with van der Waals surface area (Å²) < 4.78 is 5.72. The van der Waals surface area contributed by atoms with Crippen LogP contribution in [0.3, 0.4) is 0 Å². The predicted molar refractivity (Wildman–Crippen MR) is 237 cm³/mol. The zero-order chi connectivity index (χ0) is 39.9. The summed E-state index contributed by atoms with van der Waals surface area (Å²) in [5.74, 6) is -0.627.